The predicted molar refractivity (Wildman–Crippen MR) is 94.7 cm³/mol. The Morgan fingerprint density at radius 1 is 0.875 bits per heavy atom. The van der Waals surface area contributed by atoms with Crippen molar-refractivity contribution in [3.05, 3.63) is 0 Å². The van der Waals surface area contributed by atoms with Crippen LogP contribution in [0.1, 0.15) is 78.1 Å². The van der Waals surface area contributed by atoms with Gasteiger partial charge in [0.05, 0.1) is 13.2 Å². The molecule has 0 aliphatic heterocycles. The maximum absolute atomic E-state index is 11.4. The molecule has 0 amide bonds. The van der Waals surface area contributed by atoms with E-state index in [0.717, 1.165) is 32.2 Å². The SMILES string of the molecule is CCOC(=O)CCCCCCCCNC1CC(CC(=O)OCC)C1. The summed E-state index contributed by atoms with van der Waals surface area (Å²) in [6.07, 6.45) is 10.3. The van der Waals surface area contributed by atoms with Crippen LogP contribution in [0.25, 0.3) is 0 Å². The van der Waals surface area contributed by atoms with Gasteiger partial charge in [0, 0.05) is 18.9 Å². The highest BCUT2D eigenvalue weighted by Gasteiger charge is 2.30. The monoisotopic (exact) mass is 341 g/mol. The lowest BCUT2D eigenvalue weighted by atomic mass is 9.78. The fourth-order valence-electron chi connectivity index (χ4n) is 3.17. The lowest BCUT2D eigenvalue weighted by Crippen LogP contribution is -2.42. The van der Waals surface area contributed by atoms with Gasteiger partial charge in [0.1, 0.15) is 0 Å². The van der Waals surface area contributed by atoms with Crippen LogP contribution >= 0.6 is 0 Å². The van der Waals surface area contributed by atoms with Gasteiger partial charge in [-0.1, -0.05) is 25.7 Å². The molecular weight excluding hydrogens is 306 g/mol. The summed E-state index contributed by atoms with van der Waals surface area (Å²) < 4.78 is 9.88. The van der Waals surface area contributed by atoms with Gasteiger partial charge in [-0.15, -0.1) is 0 Å². The lowest BCUT2D eigenvalue weighted by Gasteiger charge is -2.35. The Morgan fingerprint density at radius 2 is 1.46 bits per heavy atom. The van der Waals surface area contributed by atoms with E-state index in [-0.39, 0.29) is 11.9 Å². The second-order valence-electron chi connectivity index (χ2n) is 6.67. The zero-order chi connectivity index (χ0) is 17.6. The maximum Gasteiger partial charge on any atom is 0.306 e. The molecule has 1 aliphatic rings. The number of rotatable bonds is 14. The minimum Gasteiger partial charge on any atom is -0.466 e. The molecule has 140 valence electrons. The van der Waals surface area contributed by atoms with Crippen LogP contribution < -0.4 is 5.32 Å². The van der Waals surface area contributed by atoms with Crippen LogP contribution in [0.5, 0.6) is 0 Å². The molecule has 1 saturated carbocycles. The van der Waals surface area contributed by atoms with Crippen molar-refractivity contribution in [3.63, 3.8) is 0 Å². The quantitative estimate of drug-likeness (QED) is 0.386. The van der Waals surface area contributed by atoms with Crippen molar-refractivity contribution >= 4 is 11.9 Å². The van der Waals surface area contributed by atoms with E-state index in [0.29, 0.717) is 38.0 Å². The van der Waals surface area contributed by atoms with Gasteiger partial charge in [-0.3, -0.25) is 9.59 Å². The highest BCUT2D eigenvalue weighted by molar-refractivity contribution is 5.69. The van der Waals surface area contributed by atoms with Crippen LogP contribution in [-0.2, 0) is 19.1 Å². The molecule has 24 heavy (non-hydrogen) atoms. The first-order valence-electron chi connectivity index (χ1n) is 9.70. The van der Waals surface area contributed by atoms with Gasteiger partial charge in [-0.05, 0) is 52.0 Å². The second kappa shape index (κ2) is 13.2. The molecule has 0 atom stereocenters. The van der Waals surface area contributed by atoms with Gasteiger partial charge < -0.3 is 14.8 Å². The van der Waals surface area contributed by atoms with Crippen molar-refractivity contribution in [3.8, 4) is 0 Å². The number of esters is 2. The summed E-state index contributed by atoms with van der Waals surface area (Å²) in [4.78, 5) is 22.5. The van der Waals surface area contributed by atoms with E-state index >= 15 is 0 Å². The minimum absolute atomic E-state index is 0.0519. The summed E-state index contributed by atoms with van der Waals surface area (Å²) in [5.41, 5.74) is 0. The Hall–Kier alpha value is -1.10. The fourth-order valence-corrected chi connectivity index (χ4v) is 3.17. The predicted octanol–water partition coefficient (Wildman–Crippen LogP) is 3.60. The van der Waals surface area contributed by atoms with Gasteiger partial charge >= 0.3 is 11.9 Å². The maximum atomic E-state index is 11.4. The zero-order valence-corrected chi connectivity index (χ0v) is 15.5. The highest BCUT2D eigenvalue weighted by atomic mass is 16.5. The number of hydrogen-bond acceptors (Lipinski definition) is 5. The Labute approximate surface area is 146 Å². The molecule has 1 N–H and O–H groups in total. The van der Waals surface area contributed by atoms with E-state index in [4.69, 9.17) is 9.47 Å². The molecule has 5 heteroatoms. The number of carbonyl (C=O) groups is 2. The smallest absolute Gasteiger partial charge is 0.306 e. The molecule has 0 bridgehead atoms. The normalized spacial score (nSPS) is 19.6. The molecular formula is C19H35NO4. The van der Waals surface area contributed by atoms with Gasteiger partial charge in [0.2, 0.25) is 0 Å². The number of hydrogen-bond donors (Lipinski definition) is 1. The average molecular weight is 341 g/mol. The summed E-state index contributed by atoms with van der Waals surface area (Å²) in [7, 11) is 0. The number of ether oxygens (including phenoxy) is 2. The van der Waals surface area contributed by atoms with E-state index in [9.17, 15) is 9.59 Å². The molecule has 0 saturated heterocycles. The number of nitrogens with one attached hydrogen (secondary N) is 1. The second-order valence-corrected chi connectivity index (χ2v) is 6.67. The van der Waals surface area contributed by atoms with E-state index in [1.54, 1.807) is 0 Å². The van der Waals surface area contributed by atoms with Crippen LogP contribution in [0.15, 0.2) is 0 Å². The van der Waals surface area contributed by atoms with E-state index in [2.05, 4.69) is 5.32 Å². The van der Waals surface area contributed by atoms with Crippen molar-refractivity contribution in [2.45, 2.75) is 84.1 Å². The van der Waals surface area contributed by atoms with E-state index in [1.807, 2.05) is 13.8 Å². The van der Waals surface area contributed by atoms with Crippen LogP contribution in [0, 0.1) is 5.92 Å². The van der Waals surface area contributed by atoms with Crippen LogP contribution in [0.2, 0.25) is 0 Å². The largest absolute Gasteiger partial charge is 0.466 e. The molecule has 0 spiro atoms. The fraction of sp³-hybridized carbons (Fsp3) is 0.895. The van der Waals surface area contributed by atoms with Crippen LogP contribution in [-0.4, -0.2) is 37.7 Å². The van der Waals surface area contributed by atoms with E-state index < -0.39 is 0 Å². The summed E-state index contributed by atoms with van der Waals surface area (Å²) in [5.74, 6) is 0.397. The summed E-state index contributed by atoms with van der Waals surface area (Å²) in [5, 5.41) is 3.57. The molecule has 5 nitrogen and oxygen atoms in total. The zero-order valence-electron chi connectivity index (χ0n) is 15.5. The average Bonchev–Trinajstić information content (AvgIpc) is 2.50. The minimum atomic E-state index is -0.0662. The first kappa shape index (κ1) is 20.9. The number of carbonyl (C=O) groups excluding carboxylic acids is 2. The first-order chi connectivity index (χ1) is 11.7. The van der Waals surface area contributed by atoms with Crippen LogP contribution in [0.4, 0.5) is 0 Å². The molecule has 0 aromatic heterocycles. The van der Waals surface area contributed by atoms with Gasteiger partial charge in [-0.25, -0.2) is 0 Å². The van der Waals surface area contributed by atoms with Crippen molar-refractivity contribution < 1.29 is 19.1 Å². The topological polar surface area (TPSA) is 64.6 Å². The van der Waals surface area contributed by atoms with Gasteiger partial charge in [0.25, 0.3) is 0 Å². The van der Waals surface area contributed by atoms with Crippen molar-refractivity contribution in [2.24, 2.45) is 5.92 Å². The van der Waals surface area contributed by atoms with Gasteiger partial charge in [-0.2, -0.15) is 0 Å². The van der Waals surface area contributed by atoms with Crippen molar-refractivity contribution in [2.75, 3.05) is 19.8 Å². The Morgan fingerprint density at radius 3 is 2.12 bits per heavy atom. The Kier molecular flexibility index (Phi) is 11.5. The van der Waals surface area contributed by atoms with Crippen LogP contribution in [0.3, 0.4) is 0 Å². The lowest BCUT2D eigenvalue weighted by molar-refractivity contribution is -0.145. The summed E-state index contributed by atoms with van der Waals surface area (Å²) in [6.45, 7) is 5.73. The number of unbranched alkanes of at least 4 members (excludes halogenated alkanes) is 5. The van der Waals surface area contributed by atoms with Crippen molar-refractivity contribution in [1.29, 1.82) is 0 Å². The molecule has 0 unspecified atom stereocenters. The molecule has 0 radical (unpaired) electrons. The standard InChI is InChI=1S/C19H35NO4/c1-3-23-18(21)11-9-7-5-6-8-10-12-20-17-13-16(14-17)15-19(22)24-4-2/h16-17,20H,3-15H2,1-2H3. The molecule has 1 fully saturated rings. The van der Waals surface area contributed by atoms with E-state index in [1.165, 1.54) is 25.7 Å². The summed E-state index contributed by atoms with van der Waals surface area (Å²) >= 11 is 0. The summed E-state index contributed by atoms with van der Waals surface area (Å²) in [6, 6.07) is 0.592. The first-order valence-corrected chi connectivity index (χ1v) is 9.70. The van der Waals surface area contributed by atoms with Gasteiger partial charge in [0.15, 0.2) is 0 Å². The Bertz CT molecular complexity index is 353. The third-order valence-electron chi connectivity index (χ3n) is 4.54. The molecule has 0 aromatic carbocycles. The third kappa shape index (κ3) is 9.91. The molecule has 1 rings (SSSR count). The molecule has 0 aromatic rings. The van der Waals surface area contributed by atoms with Crippen molar-refractivity contribution in [1.82, 2.24) is 5.32 Å². The molecule has 0 heterocycles. The third-order valence-corrected chi connectivity index (χ3v) is 4.54. The molecule has 1 aliphatic carbocycles. The Balaban J connectivity index is 1.80. The highest BCUT2D eigenvalue weighted by Crippen LogP contribution is 2.30.